The third kappa shape index (κ3) is 5.46. The van der Waals surface area contributed by atoms with Crippen molar-refractivity contribution in [1.82, 2.24) is 4.90 Å². The maximum absolute atomic E-state index is 4.11. The molecule has 0 aliphatic heterocycles. The van der Waals surface area contributed by atoms with E-state index in [4.69, 9.17) is 0 Å². The van der Waals surface area contributed by atoms with Crippen LogP contribution in [0.15, 0.2) is 37.1 Å². The third-order valence-electron chi connectivity index (χ3n) is 2.51. The second kappa shape index (κ2) is 7.33. The quantitative estimate of drug-likeness (QED) is 0.427. The molecule has 15 heavy (non-hydrogen) atoms. The van der Waals surface area contributed by atoms with Gasteiger partial charge in [-0.3, -0.25) is 0 Å². The zero-order valence-corrected chi connectivity index (χ0v) is 10.6. The Morgan fingerprint density at radius 3 is 2.33 bits per heavy atom. The van der Waals surface area contributed by atoms with Crippen LogP contribution < -0.4 is 0 Å². The first-order valence-electron chi connectivity index (χ1n) is 5.77. The van der Waals surface area contributed by atoms with Crippen LogP contribution in [0.3, 0.4) is 0 Å². The molecular weight excluding hydrogens is 182 g/mol. The normalized spacial score (nSPS) is 10.1. The average molecular weight is 207 g/mol. The molecule has 0 bridgehead atoms. The van der Waals surface area contributed by atoms with Crippen molar-refractivity contribution in [3.05, 3.63) is 37.1 Å². The van der Waals surface area contributed by atoms with Gasteiger partial charge in [0.05, 0.1) is 0 Å². The fourth-order valence-electron chi connectivity index (χ4n) is 1.48. The second-order valence-electron chi connectivity index (χ2n) is 4.27. The molecule has 0 radical (unpaired) electrons. The Kier molecular flexibility index (Phi) is 6.85. The van der Waals surface area contributed by atoms with Gasteiger partial charge in [-0.25, -0.2) is 0 Å². The van der Waals surface area contributed by atoms with Crippen LogP contribution in [-0.4, -0.2) is 17.5 Å². The fourth-order valence-corrected chi connectivity index (χ4v) is 1.48. The molecular formula is C14H25N. The minimum Gasteiger partial charge on any atom is -0.366 e. The van der Waals surface area contributed by atoms with Crippen LogP contribution in [0.25, 0.3) is 0 Å². The number of rotatable bonds is 8. The summed E-state index contributed by atoms with van der Waals surface area (Å²) >= 11 is 0. The minimum atomic E-state index is 0.453. The van der Waals surface area contributed by atoms with E-state index in [1.54, 1.807) is 0 Å². The van der Waals surface area contributed by atoms with Crippen LogP contribution in [0.5, 0.6) is 0 Å². The maximum atomic E-state index is 4.11. The molecule has 0 aromatic rings. The molecule has 86 valence electrons. The Morgan fingerprint density at radius 2 is 1.93 bits per heavy atom. The lowest BCUT2D eigenvalue weighted by Gasteiger charge is -2.30. The lowest BCUT2D eigenvalue weighted by Crippen LogP contribution is -2.30. The molecule has 1 heteroatoms. The largest absolute Gasteiger partial charge is 0.366 e. The van der Waals surface area contributed by atoms with Crippen LogP contribution in [-0.2, 0) is 0 Å². The molecule has 0 saturated carbocycles. The van der Waals surface area contributed by atoms with Gasteiger partial charge in [0.25, 0.3) is 0 Å². The highest BCUT2D eigenvalue weighted by molar-refractivity contribution is 5.14. The van der Waals surface area contributed by atoms with Crippen LogP contribution in [0, 0.1) is 0 Å². The molecule has 0 fully saturated rings. The Bertz CT molecular complexity index is 225. The monoisotopic (exact) mass is 207 g/mol. The summed E-state index contributed by atoms with van der Waals surface area (Å²) in [6, 6.07) is 0.453. The van der Waals surface area contributed by atoms with Gasteiger partial charge in [0, 0.05) is 18.3 Å². The summed E-state index contributed by atoms with van der Waals surface area (Å²) in [6.07, 6.45) is 5.38. The number of allylic oxidation sites excluding steroid dienone is 1. The van der Waals surface area contributed by atoms with Crippen molar-refractivity contribution in [2.75, 3.05) is 6.54 Å². The molecule has 0 spiro atoms. The van der Waals surface area contributed by atoms with E-state index in [2.05, 4.69) is 45.4 Å². The Balaban J connectivity index is 4.22. The molecule has 0 atom stereocenters. The summed E-state index contributed by atoms with van der Waals surface area (Å²) in [4.78, 5) is 2.24. The highest BCUT2D eigenvalue weighted by atomic mass is 15.2. The number of nitrogens with zero attached hydrogens (tertiary/aromatic N) is 1. The van der Waals surface area contributed by atoms with E-state index in [9.17, 15) is 0 Å². The SMILES string of the molecule is C=CC(=C)N(CC(=C)CCCC)C(C)C. The van der Waals surface area contributed by atoms with Gasteiger partial charge in [-0.05, 0) is 32.8 Å². The van der Waals surface area contributed by atoms with Crippen molar-refractivity contribution in [2.45, 2.75) is 46.1 Å². The lowest BCUT2D eigenvalue weighted by molar-refractivity contribution is 0.314. The van der Waals surface area contributed by atoms with Crippen LogP contribution in [0.4, 0.5) is 0 Å². The van der Waals surface area contributed by atoms with Crippen molar-refractivity contribution >= 4 is 0 Å². The Morgan fingerprint density at radius 1 is 1.33 bits per heavy atom. The highest BCUT2D eigenvalue weighted by Gasteiger charge is 2.10. The van der Waals surface area contributed by atoms with Gasteiger partial charge in [-0.1, -0.05) is 38.7 Å². The molecule has 0 saturated heterocycles. The van der Waals surface area contributed by atoms with Gasteiger partial charge in [0.2, 0.25) is 0 Å². The molecule has 0 aliphatic carbocycles. The van der Waals surface area contributed by atoms with E-state index in [1.165, 1.54) is 18.4 Å². The predicted molar refractivity (Wildman–Crippen MR) is 69.8 cm³/mol. The standard InChI is InChI=1S/C14H25N/c1-7-9-10-13(5)11-15(12(3)4)14(6)8-2/h8,12H,2,5-7,9-11H2,1,3-4H3. The summed E-state index contributed by atoms with van der Waals surface area (Å²) < 4.78 is 0. The van der Waals surface area contributed by atoms with Gasteiger partial charge < -0.3 is 4.90 Å². The Hall–Kier alpha value is -0.980. The topological polar surface area (TPSA) is 3.24 Å². The van der Waals surface area contributed by atoms with Gasteiger partial charge >= 0.3 is 0 Å². The molecule has 0 unspecified atom stereocenters. The molecule has 0 amide bonds. The second-order valence-corrected chi connectivity index (χ2v) is 4.27. The number of hydrogen-bond acceptors (Lipinski definition) is 1. The van der Waals surface area contributed by atoms with E-state index in [1.807, 2.05) is 6.08 Å². The summed E-state index contributed by atoms with van der Waals surface area (Å²) in [6.45, 7) is 19.3. The van der Waals surface area contributed by atoms with Crippen molar-refractivity contribution in [2.24, 2.45) is 0 Å². The zero-order valence-electron chi connectivity index (χ0n) is 10.6. The van der Waals surface area contributed by atoms with Crippen LogP contribution in [0.2, 0.25) is 0 Å². The van der Waals surface area contributed by atoms with Crippen LogP contribution in [0.1, 0.15) is 40.0 Å². The molecule has 0 N–H and O–H groups in total. The molecule has 0 aromatic carbocycles. The summed E-state index contributed by atoms with van der Waals surface area (Å²) in [5.41, 5.74) is 2.27. The van der Waals surface area contributed by atoms with Gasteiger partial charge in [0.1, 0.15) is 0 Å². The lowest BCUT2D eigenvalue weighted by atomic mass is 10.1. The smallest absolute Gasteiger partial charge is 0.0389 e. The molecule has 1 nitrogen and oxygen atoms in total. The minimum absolute atomic E-state index is 0.453. The van der Waals surface area contributed by atoms with Crippen molar-refractivity contribution < 1.29 is 0 Å². The summed E-state index contributed by atoms with van der Waals surface area (Å²) in [5.74, 6) is 0. The van der Waals surface area contributed by atoms with Crippen molar-refractivity contribution in [3.63, 3.8) is 0 Å². The predicted octanol–water partition coefficient (Wildman–Crippen LogP) is 4.14. The highest BCUT2D eigenvalue weighted by Crippen LogP contribution is 2.14. The first kappa shape index (κ1) is 14.0. The number of hydrogen-bond donors (Lipinski definition) is 0. The van der Waals surface area contributed by atoms with E-state index >= 15 is 0 Å². The summed E-state index contributed by atoms with van der Waals surface area (Å²) in [7, 11) is 0. The zero-order chi connectivity index (χ0) is 11.8. The van der Waals surface area contributed by atoms with E-state index in [0.717, 1.165) is 18.7 Å². The molecule has 0 aromatic heterocycles. The average Bonchev–Trinajstić information content (AvgIpc) is 2.21. The maximum Gasteiger partial charge on any atom is 0.0389 e. The van der Waals surface area contributed by atoms with E-state index in [0.29, 0.717) is 6.04 Å². The van der Waals surface area contributed by atoms with E-state index < -0.39 is 0 Å². The first-order valence-corrected chi connectivity index (χ1v) is 5.77. The molecule has 0 aliphatic rings. The third-order valence-corrected chi connectivity index (χ3v) is 2.51. The summed E-state index contributed by atoms with van der Waals surface area (Å²) in [5, 5.41) is 0. The fraction of sp³-hybridized carbons (Fsp3) is 0.571. The Labute approximate surface area is 95.2 Å². The van der Waals surface area contributed by atoms with Crippen LogP contribution >= 0.6 is 0 Å². The number of unbranched alkanes of at least 4 members (excludes halogenated alkanes) is 1. The van der Waals surface area contributed by atoms with Crippen molar-refractivity contribution in [3.8, 4) is 0 Å². The molecule has 0 rings (SSSR count). The van der Waals surface area contributed by atoms with Crippen molar-refractivity contribution in [1.29, 1.82) is 0 Å². The van der Waals surface area contributed by atoms with Gasteiger partial charge in [-0.15, -0.1) is 0 Å². The molecule has 0 heterocycles. The van der Waals surface area contributed by atoms with Gasteiger partial charge in [0.15, 0.2) is 0 Å². The van der Waals surface area contributed by atoms with Gasteiger partial charge in [-0.2, -0.15) is 0 Å². The van der Waals surface area contributed by atoms with E-state index in [-0.39, 0.29) is 0 Å². The first-order chi connectivity index (χ1) is 7.02.